The number of pyridine rings is 1. The number of fused-ring (bicyclic) bond motifs is 4. The van der Waals surface area contributed by atoms with Crippen LogP contribution in [0.4, 0.5) is 17.1 Å². The molecule has 5 nitrogen and oxygen atoms in total. The summed E-state index contributed by atoms with van der Waals surface area (Å²) < 4.78 is 9.41. The number of ether oxygens (including phenoxy) is 1. The minimum absolute atomic E-state index is 0. The predicted molar refractivity (Wildman–Crippen MR) is 281 cm³/mol. The third-order valence-corrected chi connectivity index (χ3v) is 16.5. The molecule has 5 aliphatic rings. The molecule has 8 aromatic rings. The molecule has 4 aliphatic carbocycles. The van der Waals surface area contributed by atoms with Crippen molar-refractivity contribution >= 4 is 38.9 Å². The second kappa shape index (κ2) is 17.6. The van der Waals surface area contributed by atoms with Crippen LogP contribution in [0.25, 0.3) is 38.8 Å². The SMILES string of the molecule is Cc1ccc(C2(c3ccnc(-n4c5[c-]c(Oc6[c-]c(N7[CH-]N(C)c8ccccc87)cc(-c7c(C(C)C)cc(C(C)C)cc7C(C)C)c6)ccc5c5ccccc54)c3)C3CC4CC(C3)CC2C4)cc1.[Pt]. The van der Waals surface area contributed by atoms with Gasteiger partial charge >= 0.3 is 0 Å². The number of para-hydroxylation sites is 3. The number of anilines is 3. The Kier molecular flexibility index (Phi) is 11.7. The molecule has 4 saturated carbocycles. The van der Waals surface area contributed by atoms with Crippen LogP contribution in [0.2, 0.25) is 0 Å². The van der Waals surface area contributed by atoms with Gasteiger partial charge in [0, 0.05) is 61.1 Å². The fraction of sp³-hybridized carbons (Fsp3) is 0.333. The molecule has 0 atom stereocenters. The second-order valence-corrected chi connectivity index (χ2v) is 21.7. The number of rotatable bonds is 10. The van der Waals surface area contributed by atoms with Crippen LogP contribution in [0.3, 0.4) is 0 Å². The van der Waals surface area contributed by atoms with E-state index in [1.165, 1.54) is 76.4 Å². The molecule has 13 rings (SSSR count). The van der Waals surface area contributed by atoms with Crippen molar-refractivity contribution in [3.8, 4) is 28.4 Å². The molecule has 4 fully saturated rings. The van der Waals surface area contributed by atoms with E-state index in [0.29, 0.717) is 41.1 Å². The monoisotopic (exact) mass is 1090 g/mol. The van der Waals surface area contributed by atoms with Crippen molar-refractivity contribution in [3.05, 3.63) is 180 Å². The summed E-state index contributed by atoms with van der Waals surface area (Å²) in [6.07, 6.45) is 8.79. The first-order valence-corrected chi connectivity index (χ1v) is 25.3. The Labute approximate surface area is 424 Å². The van der Waals surface area contributed by atoms with Crippen LogP contribution in [-0.4, -0.2) is 16.6 Å². The average Bonchev–Trinajstić information content (AvgIpc) is 3.85. The van der Waals surface area contributed by atoms with E-state index < -0.39 is 0 Å². The quantitative estimate of drug-likeness (QED) is 0.128. The van der Waals surface area contributed by atoms with E-state index in [0.717, 1.165) is 56.7 Å². The van der Waals surface area contributed by atoms with Gasteiger partial charge in [-0.25, -0.2) is 4.98 Å². The summed E-state index contributed by atoms with van der Waals surface area (Å²) in [5.41, 5.74) is 15.9. The maximum Gasteiger partial charge on any atom is 0.135 e. The molecule has 3 heterocycles. The summed E-state index contributed by atoms with van der Waals surface area (Å²) in [6.45, 7) is 18.2. The molecule has 0 unspecified atom stereocenters. The molecule has 0 radical (unpaired) electrons. The van der Waals surface area contributed by atoms with Gasteiger partial charge in [-0.2, -0.15) is 12.7 Å². The summed E-state index contributed by atoms with van der Waals surface area (Å²) in [7, 11) is 2.11. The van der Waals surface area contributed by atoms with Gasteiger partial charge in [0.15, 0.2) is 0 Å². The molecule has 4 bridgehead atoms. The molecule has 6 aromatic carbocycles. The van der Waals surface area contributed by atoms with Gasteiger partial charge in [0.1, 0.15) is 5.82 Å². The zero-order valence-corrected chi connectivity index (χ0v) is 43.6. The fourth-order valence-corrected chi connectivity index (χ4v) is 13.6. The van der Waals surface area contributed by atoms with Crippen molar-refractivity contribution in [2.75, 3.05) is 16.8 Å². The van der Waals surface area contributed by atoms with Crippen LogP contribution in [0.1, 0.15) is 125 Å². The maximum absolute atomic E-state index is 7.08. The topological polar surface area (TPSA) is 33.5 Å². The molecule has 6 heteroatoms. The van der Waals surface area contributed by atoms with Gasteiger partial charge < -0.3 is 19.1 Å². The number of hydrogen-bond acceptors (Lipinski definition) is 4. The van der Waals surface area contributed by atoms with Gasteiger partial charge in [0.05, 0.1) is 0 Å². The molecule has 0 spiro atoms. The smallest absolute Gasteiger partial charge is 0.135 e. The summed E-state index contributed by atoms with van der Waals surface area (Å²) in [6, 6.07) is 52.9. The first kappa shape index (κ1) is 45.8. The molecule has 354 valence electrons. The predicted octanol–water partition coefficient (Wildman–Crippen LogP) is 16.4. The Morgan fingerprint density at radius 3 is 2.00 bits per heavy atom. The molecule has 0 amide bonds. The molecule has 2 aromatic heterocycles. The third kappa shape index (κ3) is 7.56. The van der Waals surface area contributed by atoms with Gasteiger partial charge in [-0.15, -0.1) is 47.0 Å². The molecule has 0 saturated heterocycles. The van der Waals surface area contributed by atoms with Crippen molar-refractivity contribution < 1.29 is 25.8 Å². The summed E-state index contributed by atoms with van der Waals surface area (Å²) in [5.74, 6) is 6.28. The number of aryl methyl sites for hydroxylation is 1. The average molecular weight is 1090 g/mol. The van der Waals surface area contributed by atoms with E-state index in [2.05, 4.69) is 216 Å². The third-order valence-electron chi connectivity index (χ3n) is 16.5. The Morgan fingerprint density at radius 1 is 0.652 bits per heavy atom. The van der Waals surface area contributed by atoms with Crippen molar-refractivity contribution in [2.24, 2.45) is 23.7 Å². The Hall–Kier alpha value is -5.64. The van der Waals surface area contributed by atoms with Crippen LogP contribution in [-0.2, 0) is 26.5 Å². The Bertz CT molecular complexity index is 3180. The minimum atomic E-state index is -0.0316. The van der Waals surface area contributed by atoms with Crippen LogP contribution in [0.15, 0.2) is 128 Å². The van der Waals surface area contributed by atoms with Gasteiger partial charge in [-0.05, 0) is 157 Å². The van der Waals surface area contributed by atoms with Crippen molar-refractivity contribution in [1.82, 2.24) is 9.55 Å². The fourth-order valence-electron chi connectivity index (χ4n) is 13.6. The second-order valence-electron chi connectivity index (χ2n) is 21.7. The molecule has 69 heavy (non-hydrogen) atoms. The molecule has 1 aliphatic heterocycles. The largest absolute Gasteiger partial charge is 0.509 e. The van der Waals surface area contributed by atoms with E-state index in [-0.39, 0.29) is 26.5 Å². The van der Waals surface area contributed by atoms with E-state index in [4.69, 9.17) is 9.72 Å². The number of hydrogen-bond donors (Lipinski definition) is 0. The number of benzene rings is 6. The van der Waals surface area contributed by atoms with Gasteiger partial charge in [-0.1, -0.05) is 119 Å². The van der Waals surface area contributed by atoms with Crippen LogP contribution >= 0.6 is 0 Å². The summed E-state index contributed by atoms with van der Waals surface area (Å²) >= 11 is 0. The van der Waals surface area contributed by atoms with E-state index >= 15 is 0 Å². The van der Waals surface area contributed by atoms with Crippen molar-refractivity contribution in [2.45, 2.75) is 104 Å². The number of aromatic nitrogens is 2. The van der Waals surface area contributed by atoms with E-state index in [1.807, 2.05) is 0 Å². The Morgan fingerprint density at radius 2 is 1.32 bits per heavy atom. The van der Waals surface area contributed by atoms with Crippen LogP contribution in [0, 0.1) is 49.4 Å². The van der Waals surface area contributed by atoms with Crippen molar-refractivity contribution in [1.29, 1.82) is 0 Å². The van der Waals surface area contributed by atoms with Crippen LogP contribution < -0.4 is 14.5 Å². The number of nitrogens with zero attached hydrogens (tertiary/aromatic N) is 4. The van der Waals surface area contributed by atoms with E-state index in [1.54, 1.807) is 0 Å². The maximum atomic E-state index is 7.08. The summed E-state index contributed by atoms with van der Waals surface area (Å²) in [4.78, 5) is 9.64. The van der Waals surface area contributed by atoms with Crippen molar-refractivity contribution in [3.63, 3.8) is 0 Å². The molecule has 0 N–H and O–H groups in total. The summed E-state index contributed by atoms with van der Waals surface area (Å²) in [5, 5.41) is 2.30. The minimum Gasteiger partial charge on any atom is -0.509 e. The van der Waals surface area contributed by atoms with E-state index in [9.17, 15) is 0 Å². The Balaban J connectivity index is 0.00000520. The van der Waals surface area contributed by atoms with Crippen LogP contribution in [0.5, 0.6) is 11.5 Å². The first-order valence-electron chi connectivity index (χ1n) is 25.3. The standard InChI is InChI=1S/C63H63N4O.Pt/c1-38(2)44-32-55(39(3)4)62(56(33-44)40(5)6)45-30-50(66-37-65(8)58-15-11-12-16-59(58)66)35-52(31-45)68-51-21-22-54-53-13-9-10-14-57(53)67(60(54)36-51)61-34-47(23-24-64-61)63(46-19-17-41(7)18-20-46)48-26-42-25-43(28-48)29-49(63)27-42;/h9-24,30-34,37-40,42-43,48-49H,25-29H2,1-8H3;/q-3;. The van der Waals surface area contributed by atoms with Gasteiger partial charge in [0.2, 0.25) is 0 Å². The first-order chi connectivity index (χ1) is 32.9. The van der Waals surface area contributed by atoms with Gasteiger partial charge in [0.25, 0.3) is 0 Å². The zero-order chi connectivity index (χ0) is 46.6. The molecular formula is C63H63N4OPt-3. The normalized spacial score (nSPS) is 21.6. The molecular weight excluding hydrogens is 1020 g/mol. The zero-order valence-electron chi connectivity index (χ0n) is 41.3. The van der Waals surface area contributed by atoms with Gasteiger partial charge in [-0.3, -0.25) is 0 Å².